The third kappa shape index (κ3) is 2.17. The van der Waals surface area contributed by atoms with E-state index in [-0.39, 0.29) is 16.7 Å². The van der Waals surface area contributed by atoms with Gasteiger partial charge in [0.1, 0.15) is 5.82 Å². The zero-order chi connectivity index (χ0) is 12.6. The first-order valence-corrected chi connectivity index (χ1v) is 5.28. The molecule has 0 spiro atoms. The zero-order valence-corrected chi connectivity index (χ0v) is 9.83. The van der Waals surface area contributed by atoms with Crippen molar-refractivity contribution in [2.75, 3.05) is 5.73 Å². The molecule has 1 aromatic heterocycles. The van der Waals surface area contributed by atoms with Gasteiger partial charge in [0, 0.05) is 29.5 Å². The molecule has 0 radical (unpaired) electrons. The van der Waals surface area contributed by atoms with Crippen LogP contribution in [0.1, 0.15) is 0 Å². The highest BCUT2D eigenvalue weighted by Gasteiger charge is 2.11. The maximum absolute atomic E-state index is 13.7. The van der Waals surface area contributed by atoms with Gasteiger partial charge in [-0.2, -0.15) is 0 Å². The maximum Gasteiger partial charge on any atom is 0.258 e. The van der Waals surface area contributed by atoms with Crippen LogP contribution in [-0.2, 0) is 7.05 Å². The Hall–Kier alpha value is -1.81. The lowest BCUT2D eigenvalue weighted by atomic mass is 10.1. The molecule has 2 aromatic rings. The largest absolute Gasteiger partial charge is 0.398 e. The highest BCUT2D eigenvalue weighted by Crippen LogP contribution is 2.24. The van der Waals surface area contributed by atoms with Crippen molar-refractivity contribution in [2.24, 2.45) is 7.05 Å². The van der Waals surface area contributed by atoms with E-state index < -0.39 is 5.82 Å². The summed E-state index contributed by atoms with van der Waals surface area (Å²) in [6, 6.07) is 5.50. The van der Waals surface area contributed by atoms with E-state index in [1.807, 2.05) is 0 Å². The summed E-state index contributed by atoms with van der Waals surface area (Å²) in [7, 11) is 1.56. The Morgan fingerprint density at radius 3 is 2.71 bits per heavy atom. The van der Waals surface area contributed by atoms with Crippen molar-refractivity contribution in [3.05, 3.63) is 51.7 Å². The maximum atomic E-state index is 13.7. The highest BCUT2D eigenvalue weighted by atomic mass is 35.5. The standard InChI is InChI=1S/C12H10ClFN2O/c1-16-6-8(15)5-10(12(16)17)9-4-7(13)2-3-11(9)14/h2-6H,15H2,1H3. The van der Waals surface area contributed by atoms with Crippen LogP contribution in [0.4, 0.5) is 10.1 Å². The molecule has 3 nitrogen and oxygen atoms in total. The molecule has 2 rings (SSSR count). The number of hydrogen-bond acceptors (Lipinski definition) is 2. The van der Waals surface area contributed by atoms with Crippen LogP contribution in [0.3, 0.4) is 0 Å². The van der Waals surface area contributed by atoms with Crippen LogP contribution in [0.5, 0.6) is 0 Å². The Morgan fingerprint density at radius 1 is 1.29 bits per heavy atom. The van der Waals surface area contributed by atoms with E-state index in [9.17, 15) is 9.18 Å². The number of anilines is 1. The molecule has 5 heteroatoms. The van der Waals surface area contributed by atoms with Gasteiger partial charge in [0.25, 0.3) is 5.56 Å². The Morgan fingerprint density at radius 2 is 2.00 bits per heavy atom. The van der Waals surface area contributed by atoms with Crippen LogP contribution in [0.25, 0.3) is 11.1 Å². The SMILES string of the molecule is Cn1cc(N)cc(-c2cc(Cl)ccc2F)c1=O. The monoisotopic (exact) mass is 252 g/mol. The second kappa shape index (κ2) is 4.22. The van der Waals surface area contributed by atoms with Gasteiger partial charge in [-0.1, -0.05) is 11.6 Å². The van der Waals surface area contributed by atoms with Gasteiger partial charge in [0.05, 0.1) is 5.56 Å². The number of nitrogens with zero attached hydrogens (tertiary/aromatic N) is 1. The smallest absolute Gasteiger partial charge is 0.258 e. The van der Waals surface area contributed by atoms with Gasteiger partial charge in [-0.05, 0) is 24.3 Å². The second-order valence-corrected chi connectivity index (χ2v) is 4.16. The molecule has 0 unspecified atom stereocenters. The molecule has 0 saturated heterocycles. The minimum atomic E-state index is -0.503. The minimum Gasteiger partial charge on any atom is -0.398 e. The second-order valence-electron chi connectivity index (χ2n) is 3.73. The molecule has 0 bridgehead atoms. The molecule has 0 atom stereocenters. The van der Waals surface area contributed by atoms with Crippen molar-refractivity contribution in [1.29, 1.82) is 0 Å². The summed E-state index contributed by atoms with van der Waals surface area (Å²) in [4.78, 5) is 11.9. The lowest BCUT2D eigenvalue weighted by molar-refractivity contribution is 0.631. The Labute approximate surface area is 102 Å². The molecule has 0 amide bonds. The highest BCUT2D eigenvalue weighted by molar-refractivity contribution is 6.30. The zero-order valence-electron chi connectivity index (χ0n) is 9.08. The normalized spacial score (nSPS) is 10.5. The molecule has 2 N–H and O–H groups in total. The van der Waals surface area contributed by atoms with Crippen molar-refractivity contribution in [2.45, 2.75) is 0 Å². The van der Waals surface area contributed by atoms with E-state index in [1.165, 1.54) is 35.0 Å². The molecule has 17 heavy (non-hydrogen) atoms. The fourth-order valence-corrected chi connectivity index (χ4v) is 1.81. The van der Waals surface area contributed by atoms with Gasteiger partial charge in [-0.15, -0.1) is 0 Å². The Bertz CT molecular complexity index is 637. The fourth-order valence-electron chi connectivity index (χ4n) is 1.63. The minimum absolute atomic E-state index is 0.158. The number of pyridine rings is 1. The van der Waals surface area contributed by atoms with E-state index in [1.54, 1.807) is 7.05 Å². The third-order valence-electron chi connectivity index (χ3n) is 2.42. The Kier molecular flexibility index (Phi) is 2.90. The van der Waals surface area contributed by atoms with E-state index in [2.05, 4.69) is 0 Å². The van der Waals surface area contributed by atoms with Crippen LogP contribution >= 0.6 is 11.6 Å². The lowest BCUT2D eigenvalue weighted by Crippen LogP contribution is -2.19. The number of benzene rings is 1. The van der Waals surface area contributed by atoms with Crippen LogP contribution in [0, 0.1) is 5.82 Å². The van der Waals surface area contributed by atoms with E-state index in [0.29, 0.717) is 10.7 Å². The first-order valence-electron chi connectivity index (χ1n) is 4.90. The summed E-state index contributed by atoms with van der Waals surface area (Å²) in [6.45, 7) is 0. The summed E-state index contributed by atoms with van der Waals surface area (Å²) >= 11 is 5.79. The molecule has 1 aromatic carbocycles. The first kappa shape index (κ1) is 11.7. The number of aromatic nitrogens is 1. The number of nitrogen functional groups attached to an aromatic ring is 1. The van der Waals surface area contributed by atoms with E-state index in [4.69, 9.17) is 17.3 Å². The van der Waals surface area contributed by atoms with Gasteiger partial charge in [0.2, 0.25) is 0 Å². The number of aryl methyl sites for hydroxylation is 1. The Balaban J connectivity index is 2.76. The molecular weight excluding hydrogens is 243 g/mol. The molecule has 0 aliphatic rings. The first-order chi connectivity index (χ1) is 7.99. The van der Waals surface area contributed by atoms with E-state index >= 15 is 0 Å². The average molecular weight is 253 g/mol. The fraction of sp³-hybridized carbons (Fsp3) is 0.0833. The molecule has 1 heterocycles. The predicted molar refractivity (Wildman–Crippen MR) is 66.5 cm³/mol. The van der Waals surface area contributed by atoms with Crippen LogP contribution in [-0.4, -0.2) is 4.57 Å². The van der Waals surface area contributed by atoms with Crippen LogP contribution in [0.15, 0.2) is 35.3 Å². The van der Waals surface area contributed by atoms with Crippen molar-refractivity contribution >= 4 is 17.3 Å². The van der Waals surface area contributed by atoms with Crippen LogP contribution < -0.4 is 11.3 Å². The molecule has 0 saturated carbocycles. The van der Waals surface area contributed by atoms with Crippen molar-refractivity contribution in [3.63, 3.8) is 0 Å². The molecule has 0 aliphatic carbocycles. The predicted octanol–water partition coefficient (Wildman–Crippen LogP) is 2.43. The van der Waals surface area contributed by atoms with E-state index in [0.717, 1.165) is 0 Å². The van der Waals surface area contributed by atoms with Crippen molar-refractivity contribution in [1.82, 2.24) is 4.57 Å². The van der Waals surface area contributed by atoms with Gasteiger partial charge in [-0.3, -0.25) is 4.79 Å². The summed E-state index contributed by atoms with van der Waals surface area (Å²) in [6.07, 6.45) is 1.48. The molecular formula is C12H10ClFN2O. The summed E-state index contributed by atoms with van der Waals surface area (Å²) in [5.74, 6) is -0.503. The quantitative estimate of drug-likeness (QED) is 0.847. The summed E-state index contributed by atoms with van der Waals surface area (Å²) in [5, 5.41) is 0.367. The van der Waals surface area contributed by atoms with Gasteiger partial charge in [0.15, 0.2) is 0 Å². The number of nitrogens with two attached hydrogens (primary N) is 1. The molecule has 0 fully saturated rings. The molecule has 88 valence electrons. The number of rotatable bonds is 1. The van der Waals surface area contributed by atoms with Gasteiger partial charge in [-0.25, -0.2) is 4.39 Å². The summed E-state index contributed by atoms with van der Waals surface area (Å²) < 4.78 is 15.0. The number of hydrogen-bond donors (Lipinski definition) is 1. The average Bonchev–Trinajstić information content (AvgIpc) is 2.27. The number of halogens is 2. The lowest BCUT2D eigenvalue weighted by Gasteiger charge is -2.07. The van der Waals surface area contributed by atoms with Gasteiger partial charge < -0.3 is 10.3 Å². The topological polar surface area (TPSA) is 48.0 Å². The molecule has 0 aliphatic heterocycles. The third-order valence-corrected chi connectivity index (χ3v) is 2.66. The van der Waals surface area contributed by atoms with Crippen LogP contribution in [0.2, 0.25) is 5.02 Å². The van der Waals surface area contributed by atoms with Crippen molar-refractivity contribution in [3.8, 4) is 11.1 Å². The summed E-state index contributed by atoms with van der Waals surface area (Å²) in [5.41, 5.74) is 6.07. The van der Waals surface area contributed by atoms with Crippen molar-refractivity contribution < 1.29 is 4.39 Å². The van der Waals surface area contributed by atoms with Gasteiger partial charge >= 0.3 is 0 Å².